The summed E-state index contributed by atoms with van der Waals surface area (Å²) in [4.78, 5) is 11.7. The van der Waals surface area contributed by atoms with Gasteiger partial charge in [0.15, 0.2) is 0 Å². The number of hydrogen-bond acceptors (Lipinski definition) is 3. The van der Waals surface area contributed by atoms with E-state index in [9.17, 15) is 4.79 Å². The van der Waals surface area contributed by atoms with Crippen LogP contribution in [-0.2, 0) is 22.4 Å². The molecule has 0 unspecified atom stereocenters. The number of esters is 1. The topological polar surface area (TPSA) is 52.3 Å². The van der Waals surface area contributed by atoms with E-state index in [-0.39, 0.29) is 5.97 Å². The first kappa shape index (κ1) is 21.4. The summed E-state index contributed by atoms with van der Waals surface area (Å²) in [6.07, 6.45) is 2.88. The van der Waals surface area contributed by atoms with Gasteiger partial charge in [-0.05, 0) is 37.8 Å². The maximum Gasteiger partial charge on any atom is 0.323 e. The molecule has 2 aromatic carbocycles. The number of rotatable bonds is 9. The normalized spacial score (nSPS) is 12.6. The lowest BCUT2D eigenvalue weighted by molar-refractivity contribution is -0.144. The van der Waals surface area contributed by atoms with Crippen molar-refractivity contribution in [1.82, 2.24) is 0 Å². The van der Waals surface area contributed by atoms with Crippen molar-refractivity contribution in [3.05, 3.63) is 65.2 Å². The van der Waals surface area contributed by atoms with E-state index in [2.05, 4.69) is 68.5 Å². The molecule has 0 aliphatic carbocycles. The Morgan fingerprint density at radius 1 is 1.04 bits per heavy atom. The lowest BCUT2D eigenvalue weighted by Crippen LogP contribution is -2.41. The van der Waals surface area contributed by atoms with Crippen molar-refractivity contribution >= 4 is 19.2 Å². The Morgan fingerprint density at radius 3 is 2.22 bits per heavy atom. The highest BCUT2D eigenvalue weighted by molar-refractivity contribution is 6.89. The van der Waals surface area contributed by atoms with Gasteiger partial charge >= 0.3 is 5.97 Å². The fourth-order valence-electron chi connectivity index (χ4n) is 3.31. The van der Waals surface area contributed by atoms with Crippen molar-refractivity contribution in [3.63, 3.8) is 0 Å². The van der Waals surface area contributed by atoms with Crippen LogP contribution in [0.3, 0.4) is 0 Å². The second-order valence-corrected chi connectivity index (χ2v) is 12.8. The SMILES string of the molecule is CCOC(=O)[C@@H](N)Cc1ccc([Si](C)(C)CCCc2ccc(C)cc2)cc1. The van der Waals surface area contributed by atoms with Crippen molar-refractivity contribution < 1.29 is 9.53 Å². The van der Waals surface area contributed by atoms with E-state index in [4.69, 9.17) is 10.5 Å². The van der Waals surface area contributed by atoms with E-state index < -0.39 is 14.1 Å². The van der Waals surface area contributed by atoms with E-state index in [0.29, 0.717) is 13.0 Å². The van der Waals surface area contributed by atoms with Crippen LogP contribution in [0.4, 0.5) is 0 Å². The lowest BCUT2D eigenvalue weighted by Gasteiger charge is -2.23. The Bertz CT molecular complexity index is 723. The lowest BCUT2D eigenvalue weighted by atomic mass is 10.1. The van der Waals surface area contributed by atoms with Gasteiger partial charge in [0.2, 0.25) is 0 Å². The number of carbonyl (C=O) groups is 1. The van der Waals surface area contributed by atoms with E-state index in [1.54, 1.807) is 6.92 Å². The minimum absolute atomic E-state index is 0.326. The van der Waals surface area contributed by atoms with Crippen molar-refractivity contribution in [2.75, 3.05) is 6.61 Å². The highest BCUT2D eigenvalue weighted by Crippen LogP contribution is 2.16. The van der Waals surface area contributed by atoms with E-state index in [1.165, 1.54) is 28.8 Å². The minimum atomic E-state index is -1.46. The molecule has 0 aliphatic heterocycles. The highest BCUT2D eigenvalue weighted by atomic mass is 28.3. The van der Waals surface area contributed by atoms with Crippen LogP contribution in [0, 0.1) is 6.92 Å². The molecule has 4 heteroatoms. The summed E-state index contributed by atoms with van der Waals surface area (Å²) in [7, 11) is -1.46. The molecule has 3 nitrogen and oxygen atoms in total. The second-order valence-electron chi connectivity index (χ2n) is 7.98. The van der Waals surface area contributed by atoms with Crippen molar-refractivity contribution in [2.45, 2.75) is 58.3 Å². The molecule has 27 heavy (non-hydrogen) atoms. The van der Waals surface area contributed by atoms with Crippen molar-refractivity contribution in [1.29, 1.82) is 0 Å². The fraction of sp³-hybridized carbons (Fsp3) is 0.435. The Hall–Kier alpha value is -1.91. The van der Waals surface area contributed by atoms with Gasteiger partial charge in [0, 0.05) is 0 Å². The predicted octanol–water partition coefficient (Wildman–Crippen LogP) is 3.98. The molecular formula is C23H33NO2Si. The standard InChI is InChI=1S/C23H33NO2Si/c1-5-26-23(25)22(24)17-20-12-14-21(15-13-20)27(3,4)16-6-7-19-10-8-18(2)9-11-19/h8-15,22H,5-7,16-17,24H2,1-4H3/t22-/m0/s1. The molecule has 0 radical (unpaired) electrons. The van der Waals surface area contributed by atoms with E-state index in [0.717, 1.165) is 12.0 Å². The number of hydrogen-bond donors (Lipinski definition) is 1. The van der Waals surface area contributed by atoms with E-state index in [1.807, 2.05) is 0 Å². The zero-order chi connectivity index (χ0) is 19.9. The third kappa shape index (κ3) is 6.63. The molecule has 0 saturated heterocycles. The monoisotopic (exact) mass is 383 g/mol. The van der Waals surface area contributed by atoms with Gasteiger partial charge in [0.05, 0.1) is 14.7 Å². The van der Waals surface area contributed by atoms with Gasteiger partial charge in [-0.1, -0.05) is 84.8 Å². The molecule has 0 aromatic heterocycles. The summed E-state index contributed by atoms with van der Waals surface area (Å²) in [5, 5.41) is 1.46. The minimum Gasteiger partial charge on any atom is -0.465 e. The summed E-state index contributed by atoms with van der Waals surface area (Å²) in [5.41, 5.74) is 9.75. The highest BCUT2D eigenvalue weighted by Gasteiger charge is 2.23. The van der Waals surface area contributed by atoms with Gasteiger partial charge in [-0.15, -0.1) is 0 Å². The average Bonchev–Trinajstić information content (AvgIpc) is 2.64. The third-order valence-corrected chi connectivity index (χ3v) is 8.67. The number of benzene rings is 2. The molecule has 0 bridgehead atoms. The Balaban J connectivity index is 1.89. The number of nitrogens with two attached hydrogens (primary N) is 1. The molecule has 0 fully saturated rings. The van der Waals surface area contributed by atoms with Crippen LogP contribution in [0.1, 0.15) is 30.0 Å². The third-order valence-electron chi connectivity index (χ3n) is 5.17. The second kappa shape index (κ2) is 9.86. The Morgan fingerprint density at radius 2 is 1.63 bits per heavy atom. The average molecular weight is 384 g/mol. The molecule has 0 spiro atoms. The first-order valence-corrected chi connectivity index (χ1v) is 13.1. The number of ether oxygens (including phenoxy) is 1. The molecular weight excluding hydrogens is 350 g/mol. The number of aryl methyl sites for hydroxylation is 2. The van der Waals surface area contributed by atoms with Crippen LogP contribution in [0.25, 0.3) is 0 Å². The fourth-order valence-corrected chi connectivity index (χ4v) is 5.73. The zero-order valence-electron chi connectivity index (χ0n) is 17.1. The summed E-state index contributed by atoms with van der Waals surface area (Å²) in [5.74, 6) is -0.326. The van der Waals surface area contributed by atoms with Gasteiger partial charge in [-0.2, -0.15) is 0 Å². The van der Waals surface area contributed by atoms with Crippen LogP contribution in [-0.4, -0.2) is 26.7 Å². The van der Waals surface area contributed by atoms with Crippen LogP contribution in [0.5, 0.6) is 0 Å². The molecule has 146 valence electrons. The first-order chi connectivity index (χ1) is 12.8. The quantitative estimate of drug-likeness (QED) is 0.526. The van der Waals surface area contributed by atoms with Crippen LogP contribution < -0.4 is 10.9 Å². The van der Waals surface area contributed by atoms with Gasteiger partial charge in [-0.25, -0.2) is 0 Å². The van der Waals surface area contributed by atoms with Gasteiger partial charge in [-0.3, -0.25) is 4.79 Å². The molecule has 0 saturated carbocycles. The molecule has 1 atom stereocenters. The largest absolute Gasteiger partial charge is 0.465 e. The summed E-state index contributed by atoms with van der Waals surface area (Å²) < 4.78 is 4.98. The molecule has 0 heterocycles. The maximum absolute atomic E-state index is 11.7. The van der Waals surface area contributed by atoms with Gasteiger partial charge in [0.25, 0.3) is 0 Å². The molecule has 0 amide bonds. The van der Waals surface area contributed by atoms with Crippen LogP contribution in [0.2, 0.25) is 19.1 Å². The Labute approximate surface area is 164 Å². The molecule has 0 aliphatic rings. The summed E-state index contributed by atoms with van der Waals surface area (Å²) in [6.45, 7) is 9.16. The smallest absolute Gasteiger partial charge is 0.323 e. The molecule has 2 aromatic rings. The van der Waals surface area contributed by atoms with Crippen molar-refractivity contribution in [3.8, 4) is 0 Å². The van der Waals surface area contributed by atoms with E-state index >= 15 is 0 Å². The maximum atomic E-state index is 11.7. The van der Waals surface area contributed by atoms with Crippen molar-refractivity contribution in [2.24, 2.45) is 5.73 Å². The summed E-state index contributed by atoms with van der Waals surface area (Å²) >= 11 is 0. The first-order valence-electron chi connectivity index (χ1n) is 9.89. The predicted molar refractivity (Wildman–Crippen MR) is 116 cm³/mol. The van der Waals surface area contributed by atoms with Gasteiger partial charge < -0.3 is 10.5 Å². The summed E-state index contributed by atoms with van der Waals surface area (Å²) in [6, 6.07) is 18.2. The Kier molecular flexibility index (Phi) is 7.81. The van der Waals surface area contributed by atoms with Crippen LogP contribution >= 0.6 is 0 Å². The van der Waals surface area contributed by atoms with Gasteiger partial charge in [0.1, 0.15) is 6.04 Å². The molecule has 2 rings (SSSR count). The zero-order valence-corrected chi connectivity index (χ0v) is 18.1. The van der Waals surface area contributed by atoms with Crippen LogP contribution in [0.15, 0.2) is 48.5 Å². The molecule has 2 N–H and O–H groups in total. The number of carbonyl (C=O) groups excluding carboxylic acids is 1.